The molecule has 2 rings (SSSR count). The fourth-order valence-corrected chi connectivity index (χ4v) is 1.85. The lowest BCUT2D eigenvalue weighted by atomic mass is 10.1. The lowest BCUT2D eigenvalue weighted by Gasteiger charge is -2.06. The maximum absolute atomic E-state index is 12.0. The number of nitrogens with one attached hydrogen (secondary N) is 1. The summed E-state index contributed by atoms with van der Waals surface area (Å²) in [7, 11) is 0. The molecule has 0 atom stereocenters. The number of esters is 1. The Bertz CT molecular complexity index is 697. The van der Waals surface area contributed by atoms with E-state index in [9.17, 15) is 9.59 Å². The van der Waals surface area contributed by atoms with Crippen molar-refractivity contribution in [2.45, 2.75) is 0 Å². The van der Waals surface area contributed by atoms with Crippen LogP contribution < -0.4 is 5.32 Å². The molecule has 0 radical (unpaired) electrons. The lowest BCUT2D eigenvalue weighted by molar-refractivity contribution is -0.141. The van der Waals surface area contributed by atoms with Crippen LogP contribution in [0.25, 0.3) is 10.8 Å². The van der Waals surface area contributed by atoms with Crippen LogP contribution in [0.5, 0.6) is 0 Å². The van der Waals surface area contributed by atoms with Crippen LogP contribution in [0.2, 0.25) is 0 Å². The highest BCUT2D eigenvalue weighted by molar-refractivity contribution is 6.29. The number of hydrogen-bond acceptors (Lipinski definition) is 3. The average molecular weight is 304 g/mol. The van der Waals surface area contributed by atoms with Crippen molar-refractivity contribution in [1.29, 1.82) is 0 Å². The molecule has 1 amide bonds. The molecule has 0 aromatic heterocycles. The molecule has 0 saturated heterocycles. The van der Waals surface area contributed by atoms with Gasteiger partial charge in [-0.25, -0.2) is 0 Å². The summed E-state index contributed by atoms with van der Waals surface area (Å²) >= 11 is 5.48. The number of hydrogen-bond donors (Lipinski definition) is 1. The summed E-state index contributed by atoms with van der Waals surface area (Å²) < 4.78 is 4.77. The van der Waals surface area contributed by atoms with Gasteiger partial charge in [0.15, 0.2) is 0 Å². The first-order chi connectivity index (χ1) is 10.1. The van der Waals surface area contributed by atoms with Crippen molar-refractivity contribution in [1.82, 2.24) is 5.32 Å². The molecule has 0 aliphatic rings. The third-order valence-electron chi connectivity index (χ3n) is 2.79. The van der Waals surface area contributed by atoms with Gasteiger partial charge in [0, 0.05) is 10.6 Å². The smallest absolute Gasteiger partial charge is 0.325 e. The molecule has 0 unspecified atom stereocenters. The molecule has 0 fully saturated rings. The Hall–Kier alpha value is -2.33. The van der Waals surface area contributed by atoms with Crippen molar-refractivity contribution in [3.8, 4) is 0 Å². The quantitative estimate of drug-likeness (QED) is 0.864. The molecule has 5 heteroatoms. The van der Waals surface area contributed by atoms with Crippen molar-refractivity contribution in [2.24, 2.45) is 0 Å². The molecule has 108 valence electrons. The number of carbonyl (C=O) groups excluding carboxylic acids is 2. The van der Waals surface area contributed by atoms with Crippen LogP contribution in [-0.4, -0.2) is 25.0 Å². The second kappa shape index (κ2) is 6.90. The highest BCUT2D eigenvalue weighted by atomic mass is 35.5. The first kappa shape index (κ1) is 15.1. The van der Waals surface area contributed by atoms with Gasteiger partial charge in [0.05, 0.1) is 0 Å². The minimum absolute atomic E-state index is 0.0633. The highest BCUT2D eigenvalue weighted by Crippen LogP contribution is 2.15. The second-order valence-corrected chi connectivity index (χ2v) is 4.96. The fourth-order valence-electron chi connectivity index (χ4n) is 1.79. The first-order valence-corrected chi connectivity index (χ1v) is 6.70. The molecule has 0 saturated carbocycles. The SMILES string of the molecule is C=C(Cl)COC(=O)CNC(=O)c1ccc2ccccc2c1. The summed E-state index contributed by atoms with van der Waals surface area (Å²) in [6.07, 6.45) is 0. The Kier molecular flexibility index (Phi) is 4.95. The summed E-state index contributed by atoms with van der Waals surface area (Å²) in [5.74, 6) is -0.895. The minimum atomic E-state index is -0.564. The molecular formula is C16H14ClNO3. The Morgan fingerprint density at radius 2 is 1.86 bits per heavy atom. The van der Waals surface area contributed by atoms with Gasteiger partial charge in [0.25, 0.3) is 5.91 Å². The second-order valence-electron chi connectivity index (χ2n) is 4.42. The molecule has 0 aliphatic carbocycles. The molecule has 0 aliphatic heterocycles. The van der Waals surface area contributed by atoms with Crippen LogP contribution >= 0.6 is 11.6 Å². The molecule has 0 bridgehead atoms. The van der Waals surface area contributed by atoms with Gasteiger partial charge in [-0.1, -0.05) is 48.5 Å². The van der Waals surface area contributed by atoms with E-state index >= 15 is 0 Å². The first-order valence-electron chi connectivity index (χ1n) is 6.32. The lowest BCUT2D eigenvalue weighted by Crippen LogP contribution is -2.30. The number of benzene rings is 2. The standard InChI is InChI=1S/C16H14ClNO3/c1-11(17)10-21-15(19)9-18-16(20)14-7-6-12-4-2-3-5-13(12)8-14/h2-8H,1,9-10H2,(H,18,20). The van der Waals surface area contributed by atoms with Crippen LogP contribution in [0.15, 0.2) is 54.1 Å². The number of amides is 1. The summed E-state index contributed by atoms with van der Waals surface area (Å²) in [5, 5.41) is 4.74. The van der Waals surface area contributed by atoms with E-state index in [0.29, 0.717) is 5.56 Å². The van der Waals surface area contributed by atoms with Gasteiger partial charge in [-0.2, -0.15) is 0 Å². The Morgan fingerprint density at radius 3 is 2.57 bits per heavy atom. The number of halogens is 1. The summed E-state index contributed by atoms with van der Waals surface area (Å²) in [6, 6.07) is 13.1. The monoisotopic (exact) mass is 303 g/mol. The maximum Gasteiger partial charge on any atom is 0.325 e. The topological polar surface area (TPSA) is 55.4 Å². The van der Waals surface area contributed by atoms with Crippen LogP contribution in [0.1, 0.15) is 10.4 Å². The molecule has 2 aromatic rings. The number of carbonyl (C=O) groups is 2. The number of ether oxygens (including phenoxy) is 1. The highest BCUT2D eigenvalue weighted by Gasteiger charge is 2.09. The van der Waals surface area contributed by atoms with E-state index in [1.165, 1.54) is 0 Å². The zero-order chi connectivity index (χ0) is 15.2. The molecule has 4 nitrogen and oxygen atoms in total. The van der Waals surface area contributed by atoms with E-state index in [-0.39, 0.29) is 24.1 Å². The van der Waals surface area contributed by atoms with E-state index in [1.807, 2.05) is 30.3 Å². The normalized spacial score (nSPS) is 10.1. The molecular weight excluding hydrogens is 290 g/mol. The third kappa shape index (κ3) is 4.33. The van der Waals surface area contributed by atoms with E-state index in [4.69, 9.17) is 16.3 Å². The maximum atomic E-state index is 12.0. The minimum Gasteiger partial charge on any atom is -0.459 e. The molecule has 2 aromatic carbocycles. The zero-order valence-corrected chi connectivity index (χ0v) is 12.0. The van der Waals surface area contributed by atoms with Gasteiger partial charge in [0.2, 0.25) is 0 Å². The van der Waals surface area contributed by atoms with Crippen LogP contribution in [0, 0.1) is 0 Å². The molecule has 1 N–H and O–H groups in total. The van der Waals surface area contributed by atoms with Crippen LogP contribution in [0.4, 0.5) is 0 Å². The van der Waals surface area contributed by atoms with E-state index in [1.54, 1.807) is 12.1 Å². The van der Waals surface area contributed by atoms with Gasteiger partial charge in [-0.15, -0.1) is 0 Å². The zero-order valence-electron chi connectivity index (χ0n) is 11.3. The van der Waals surface area contributed by atoms with Gasteiger partial charge in [-0.05, 0) is 22.9 Å². The molecule has 21 heavy (non-hydrogen) atoms. The fraction of sp³-hybridized carbons (Fsp3) is 0.125. The Labute approximate surface area is 127 Å². The summed E-state index contributed by atoms with van der Waals surface area (Å²) in [6.45, 7) is 3.12. The van der Waals surface area contributed by atoms with E-state index < -0.39 is 5.97 Å². The van der Waals surface area contributed by atoms with Crippen LogP contribution in [-0.2, 0) is 9.53 Å². The third-order valence-corrected chi connectivity index (χ3v) is 2.90. The summed E-state index contributed by atoms with van der Waals surface area (Å²) in [5.41, 5.74) is 0.489. The number of fused-ring (bicyclic) bond motifs is 1. The molecule has 0 heterocycles. The Morgan fingerprint density at radius 1 is 1.14 bits per heavy atom. The molecule has 0 spiro atoms. The van der Waals surface area contributed by atoms with Crippen molar-refractivity contribution < 1.29 is 14.3 Å². The van der Waals surface area contributed by atoms with Gasteiger partial charge < -0.3 is 10.1 Å². The summed E-state index contributed by atoms with van der Waals surface area (Å²) in [4.78, 5) is 23.3. The average Bonchev–Trinajstić information content (AvgIpc) is 2.50. The Balaban J connectivity index is 1.95. The van der Waals surface area contributed by atoms with Crippen molar-refractivity contribution in [3.63, 3.8) is 0 Å². The van der Waals surface area contributed by atoms with Gasteiger partial charge >= 0.3 is 5.97 Å². The van der Waals surface area contributed by atoms with Crippen molar-refractivity contribution >= 4 is 34.2 Å². The van der Waals surface area contributed by atoms with Crippen molar-refractivity contribution in [3.05, 3.63) is 59.6 Å². The largest absolute Gasteiger partial charge is 0.459 e. The number of rotatable bonds is 5. The van der Waals surface area contributed by atoms with Gasteiger partial charge in [-0.3, -0.25) is 9.59 Å². The van der Waals surface area contributed by atoms with Crippen LogP contribution in [0.3, 0.4) is 0 Å². The predicted molar refractivity (Wildman–Crippen MR) is 82.2 cm³/mol. The van der Waals surface area contributed by atoms with Crippen molar-refractivity contribution in [2.75, 3.05) is 13.2 Å². The predicted octanol–water partition coefficient (Wildman–Crippen LogP) is 2.87. The van der Waals surface area contributed by atoms with E-state index in [0.717, 1.165) is 10.8 Å². The van der Waals surface area contributed by atoms with E-state index in [2.05, 4.69) is 11.9 Å². The van der Waals surface area contributed by atoms with Gasteiger partial charge in [0.1, 0.15) is 13.2 Å².